The summed E-state index contributed by atoms with van der Waals surface area (Å²) >= 11 is 0. The van der Waals surface area contributed by atoms with Gasteiger partial charge >= 0.3 is 24.1 Å². The molecule has 0 spiro atoms. The number of nitrogens with one attached hydrogen (secondary N) is 21. The third-order valence-corrected chi connectivity index (χ3v) is 25.5. The number of fused-ring (bicyclic) bond motifs is 2. The van der Waals surface area contributed by atoms with Gasteiger partial charge < -0.3 is 168 Å². The summed E-state index contributed by atoms with van der Waals surface area (Å²) in [7, 11) is 1.44. The molecule has 0 bridgehead atoms. The highest BCUT2D eigenvalue weighted by Crippen LogP contribution is 2.27. The van der Waals surface area contributed by atoms with Gasteiger partial charge in [0.25, 0.3) is 0 Å². The van der Waals surface area contributed by atoms with E-state index < -0.39 is 222 Å². The number of rotatable bonds is 47. The number of carbonyl (C=O) groups is 17. The third-order valence-electron chi connectivity index (χ3n) is 23.1. The van der Waals surface area contributed by atoms with Gasteiger partial charge in [-0.25, -0.2) is 19.2 Å². The van der Waals surface area contributed by atoms with Crippen LogP contribution in [0.15, 0.2) is 91.0 Å². The minimum absolute atomic E-state index is 0.00496. The summed E-state index contributed by atoms with van der Waals surface area (Å²) in [5, 5.41) is 103. The molecule has 0 unspecified atom stereocenters. The Morgan fingerprint density at radius 3 is 1.28 bits per heavy atom. The molecule has 2 aliphatic rings. The molecule has 14 atom stereocenters. The number of aromatic hydroxyl groups is 2. The van der Waals surface area contributed by atoms with Crippen molar-refractivity contribution < 1.29 is 96.8 Å². The highest BCUT2D eigenvalue weighted by Gasteiger charge is 2.43. The smallest absolute Gasteiger partial charge is 0.326 e. The number of carbonyl (C=O) groups excluding carboxylic acids is 16. The van der Waals surface area contributed by atoms with E-state index in [1.165, 1.54) is 53.4 Å². The average Bonchev–Trinajstić information content (AvgIpc) is 1.48. The SMILES string of the molecule is N=C(N)NCCC[C@H](NC(=O)[C@@H]1CSSC[C@H](NC(=O)[C@H](Cc2ccc3ccccc3c2)NC(=O)[C@H](CCCNC(=N)N)NC(=O)[C@@H](N)CCCNC(=N)N)C(=O)N[C@@H](Cc2ccc(O)cc2)C(=O)N[C@@H](CCCNC(N)=O)C(=O)N[C@@H](CCCCN)C(=O)N[C@H](CCCCN)C(=O)N2CCC[C@H]2C(=O)N[C@@H](Cc2ccc(O)cc2)C(=O)N[C@@H](CCCNC(N)=O)C(=O)N[C@@H](CCCNC(N)=O)C(=O)N1)C(=O)O. The van der Waals surface area contributed by atoms with Gasteiger partial charge in [0.1, 0.15) is 90.0 Å². The number of aliphatic carboxylic acids is 1. The first kappa shape index (κ1) is 117. The van der Waals surface area contributed by atoms with E-state index in [1.807, 2.05) is 6.07 Å². The molecule has 4 aromatic rings. The molecular formula is C90H139N31O20S2. The number of primary amides is 3. The number of nitrogens with two attached hydrogens (primary N) is 9. The Labute approximate surface area is 834 Å². The number of guanidine groups is 3. The van der Waals surface area contributed by atoms with Crippen LogP contribution in [-0.2, 0) is 86.4 Å². The molecule has 4 aromatic carbocycles. The second-order valence-electron chi connectivity index (χ2n) is 34.4. The lowest BCUT2D eigenvalue weighted by molar-refractivity contribution is -0.142. The summed E-state index contributed by atoms with van der Waals surface area (Å²) in [6.07, 6.45) is -1.95. The molecule has 51 nitrogen and oxygen atoms in total. The van der Waals surface area contributed by atoms with Crippen molar-refractivity contribution in [2.75, 3.05) is 70.4 Å². The maximum absolute atomic E-state index is 16.0. The van der Waals surface area contributed by atoms with E-state index in [-0.39, 0.29) is 204 Å². The van der Waals surface area contributed by atoms with E-state index in [0.717, 1.165) is 16.2 Å². The molecule has 2 fully saturated rings. The van der Waals surface area contributed by atoms with E-state index in [0.29, 0.717) is 40.1 Å². The Hall–Kier alpha value is -14.5. The molecule has 19 amide bonds. The summed E-state index contributed by atoms with van der Waals surface area (Å²) in [5.41, 5.74) is 52.3. The number of carboxylic acids is 1. The van der Waals surface area contributed by atoms with Gasteiger partial charge in [0.05, 0.1) is 6.04 Å². The Kier molecular flexibility index (Phi) is 51.4. The van der Waals surface area contributed by atoms with E-state index in [4.69, 9.17) is 67.8 Å². The Morgan fingerprint density at radius 2 is 0.811 bits per heavy atom. The first-order valence-corrected chi connectivity index (χ1v) is 49.7. The van der Waals surface area contributed by atoms with Crippen LogP contribution < -0.4 is 147 Å². The third kappa shape index (κ3) is 43.7. The second-order valence-corrected chi connectivity index (χ2v) is 36.9. The van der Waals surface area contributed by atoms with Crippen LogP contribution in [0.4, 0.5) is 14.4 Å². The Morgan fingerprint density at radius 1 is 0.413 bits per heavy atom. The van der Waals surface area contributed by atoms with Gasteiger partial charge in [-0.3, -0.25) is 78.6 Å². The zero-order valence-corrected chi connectivity index (χ0v) is 81.2. The number of unbranched alkanes of at least 4 members (excludes halogenated alkanes) is 2. The van der Waals surface area contributed by atoms with Crippen molar-refractivity contribution in [3.63, 3.8) is 0 Å². The molecule has 6 rings (SSSR count). The fourth-order valence-corrected chi connectivity index (χ4v) is 17.8. The predicted octanol–water partition coefficient (Wildman–Crippen LogP) is -5.71. The van der Waals surface area contributed by atoms with Crippen LogP contribution in [0, 0.1) is 16.2 Å². The Bertz CT molecular complexity index is 4980. The van der Waals surface area contributed by atoms with Crippen molar-refractivity contribution in [2.45, 2.75) is 232 Å². The number of benzene rings is 4. The normalized spacial score (nSPS) is 20.2. The molecule has 2 aliphatic heterocycles. The molecule has 53 heteroatoms. The van der Waals surface area contributed by atoms with Crippen molar-refractivity contribution in [2.24, 2.45) is 51.6 Å². The lowest BCUT2D eigenvalue weighted by Crippen LogP contribution is -2.61. The second kappa shape index (κ2) is 62.6. The van der Waals surface area contributed by atoms with E-state index >= 15 is 57.5 Å². The van der Waals surface area contributed by atoms with Gasteiger partial charge in [0, 0.05) is 76.6 Å². The van der Waals surface area contributed by atoms with Crippen molar-refractivity contribution in [1.82, 2.24) is 101 Å². The number of nitrogens with zero attached hydrogens (tertiary/aromatic N) is 1. The summed E-state index contributed by atoms with van der Waals surface area (Å²) in [4.78, 5) is 250. The molecular weight excluding hydrogens is 1900 g/mol. The number of phenols is 2. The number of urea groups is 3. The van der Waals surface area contributed by atoms with E-state index in [2.05, 4.69) is 95.7 Å². The number of amides is 19. The van der Waals surface area contributed by atoms with Gasteiger partial charge in [-0.2, -0.15) is 0 Å². The zero-order chi connectivity index (χ0) is 105. The highest BCUT2D eigenvalue weighted by molar-refractivity contribution is 8.76. The predicted molar refractivity (Wildman–Crippen MR) is 533 cm³/mol. The van der Waals surface area contributed by atoms with Crippen molar-refractivity contribution in [3.05, 3.63) is 108 Å². The zero-order valence-electron chi connectivity index (χ0n) is 79.5. The molecule has 42 N–H and O–H groups in total. The lowest BCUT2D eigenvalue weighted by Gasteiger charge is -2.31. The molecule has 0 aromatic heterocycles. The van der Waals surface area contributed by atoms with Crippen molar-refractivity contribution >= 4 is 151 Å². The molecule has 143 heavy (non-hydrogen) atoms. The van der Waals surface area contributed by atoms with Gasteiger partial charge in [0.15, 0.2) is 17.9 Å². The molecule has 0 radical (unpaired) electrons. The first-order chi connectivity index (χ1) is 68.2. The fraction of sp³-hybridized carbons (Fsp3) is 0.533. The van der Waals surface area contributed by atoms with Crippen LogP contribution in [0.25, 0.3) is 10.8 Å². The highest BCUT2D eigenvalue weighted by atomic mass is 33.1. The number of carboxylic acid groups (broad SMARTS) is 1. The largest absolute Gasteiger partial charge is 0.508 e. The van der Waals surface area contributed by atoms with Crippen LogP contribution in [0.1, 0.15) is 145 Å². The van der Waals surface area contributed by atoms with Crippen LogP contribution >= 0.6 is 21.6 Å². The average molecular weight is 2040 g/mol. The van der Waals surface area contributed by atoms with Crippen LogP contribution in [0.2, 0.25) is 0 Å². The number of hydrogen-bond donors (Lipinski definition) is 33. The summed E-state index contributed by atoms with van der Waals surface area (Å²) < 4.78 is 0. The molecule has 2 heterocycles. The summed E-state index contributed by atoms with van der Waals surface area (Å²) in [6, 6.07) is -2.92. The monoisotopic (exact) mass is 2040 g/mol. The van der Waals surface area contributed by atoms with Crippen LogP contribution in [-0.4, -0.2) is 294 Å². The maximum Gasteiger partial charge on any atom is 0.326 e. The van der Waals surface area contributed by atoms with E-state index in [1.54, 1.807) is 36.4 Å². The minimum Gasteiger partial charge on any atom is -0.508 e. The van der Waals surface area contributed by atoms with Crippen molar-refractivity contribution in [1.29, 1.82) is 16.2 Å². The minimum atomic E-state index is -1.92. The first-order valence-electron chi connectivity index (χ1n) is 47.2. The Balaban J connectivity index is 1.61. The van der Waals surface area contributed by atoms with Gasteiger partial charge in [-0.1, -0.05) is 88.3 Å². The van der Waals surface area contributed by atoms with Gasteiger partial charge in [0.2, 0.25) is 76.8 Å². The molecule has 0 aliphatic carbocycles. The summed E-state index contributed by atoms with van der Waals surface area (Å²) in [5.74, 6) is -17.8. The van der Waals surface area contributed by atoms with Gasteiger partial charge in [-0.05, 0) is 193 Å². The topological polar surface area (TPSA) is 876 Å². The van der Waals surface area contributed by atoms with Crippen molar-refractivity contribution in [3.8, 4) is 11.5 Å². The van der Waals surface area contributed by atoms with E-state index in [9.17, 15) is 39.3 Å². The van der Waals surface area contributed by atoms with Crippen LogP contribution in [0.5, 0.6) is 11.5 Å². The maximum atomic E-state index is 16.0. The number of phenolic OH excluding ortho intramolecular Hbond substituents is 2. The molecule has 2 saturated heterocycles. The molecule has 786 valence electrons. The lowest BCUT2D eigenvalue weighted by atomic mass is 10.00. The number of hydrogen-bond acceptors (Lipinski definition) is 27. The standard InChI is InChI=1S/C90H139N31O20S2/c91-35-5-3-17-58-74(127)114-63(18-4-6-36-92)83(136)121-43-13-24-70(121)82(135)118-66(46-51-28-33-56(123)34-29-51)78(131)113-61(21-10-41-107-89(101)140)73(126)111-62(22-11-42-108-90(102)141)76(129)119-68(80(133)115-64(84(137)138)23-12-39-105-87(98)99)48-142-143-49-69(81(134)117-65(45-50-26-31-55(122)32-27-50)77(130)112-60(72(125)110-58)20-9-40-106-88(100)139)120-79(132)67(47-52-25-30-53-14-1-2-15-54(53)44-52)116-75(128)59(19-8-38-104-86(96)97)109-71(124)57(93)16-7-37-103-85(94)95/h1-2,14-15,25-34,44,57-70,122-123H,3-13,16-24,35-43,45-49,91-93H2,(H,109,124)(H,110,125)(H,111,126)(H,112,130)(H,113,131)(H,114,127)(H,115,133)(H,116,128)(H,117,134)(H,118,135)(H,119,129)(H,120,132)(H,137,138)(H4,94,95,103)(H4,96,97,104)(H4,98,99,105)(H3,100,106,139)(H3,101,107,140)(H3,102,108,141)/t57-,58-,59-,60-,61-,62-,63+,64-,65-,66-,67-,68-,69-,70-/m0/s1. The van der Waals surface area contributed by atoms with Crippen LogP contribution in [0.3, 0.4) is 0 Å². The fourth-order valence-electron chi connectivity index (χ4n) is 15.5. The quantitative estimate of drug-likeness (QED) is 0.00848. The van der Waals surface area contributed by atoms with Gasteiger partial charge in [-0.15, -0.1) is 0 Å². The molecule has 0 saturated carbocycles. The summed E-state index contributed by atoms with van der Waals surface area (Å²) in [6.45, 7) is -0.378.